The Morgan fingerprint density at radius 2 is 1.69 bits per heavy atom. The molecule has 0 atom stereocenters. The molecule has 10 heteroatoms. The zero-order valence-electron chi connectivity index (χ0n) is 15.5. The van der Waals surface area contributed by atoms with Crippen molar-refractivity contribution in [3.8, 4) is 11.5 Å². The summed E-state index contributed by atoms with van der Waals surface area (Å²) >= 11 is 3.50. The van der Waals surface area contributed by atoms with E-state index in [4.69, 9.17) is 9.56 Å². The van der Waals surface area contributed by atoms with Crippen LogP contribution >= 0.6 is 15.9 Å². The summed E-state index contributed by atoms with van der Waals surface area (Å²) in [5.41, 5.74) is 1.85. The summed E-state index contributed by atoms with van der Waals surface area (Å²) in [4.78, 5) is 4.59. The normalized spacial score (nSPS) is 15.6. The van der Waals surface area contributed by atoms with Crippen molar-refractivity contribution >= 4 is 31.6 Å². The third kappa shape index (κ3) is 4.67. The molecule has 2 N–H and O–H groups in total. The molecule has 1 fully saturated rings. The second kappa shape index (κ2) is 8.23. The van der Waals surface area contributed by atoms with Gasteiger partial charge in [-0.15, -0.1) is 10.2 Å². The quantitative estimate of drug-likeness (QED) is 0.601. The van der Waals surface area contributed by atoms with Gasteiger partial charge in [-0.05, 0) is 52.3 Å². The van der Waals surface area contributed by atoms with Gasteiger partial charge in [0.2, 0.25) is 21.8 Å². The molecule has 0 radical (unpaired) electrons. The molecular formula is C19H20BrN5O3S. The van der Waals surface area contributed by atoms with Crippen LogP contribution in [0.25, 0.3) is 11.5 Å². The monoisotopic (exact) mass is 477 g/mol. The first-order valence-corrected chi connectivity index (χ1v) is 11.4. The SMILES string of the molecule is NS(=O)(=O)c1ccc(N2CCN(Cc3nnc(-c4ccccc4Br)o3)CC2)cc1. The number of hydrogen-bond donors (Lipinski definition) is 1. The third-order valence-electron chi connectivity index (χ3n) is 4.83. The molecule has 1 saturated heterocycles. The van der Waals surface area contributed by atoms with E-state index >= 15 is 0 Å². The van der Waals surface area contributed by atoms with Crippen LogP contribution in [0.3, 0.4) is 0 Å². The first-order chi connectivity index (χ1) is 13.9. The van der Waals surface area contributed by atoms with Gasteiger partial charge >= 0.3 is 0 Å². The van der Waals surface area contributed by atoms with E-state index in [1.807, 2.05) is 24.3 Å². The molecule has 8 nitrogen and oxygen atoms in total. The lowest BCUT2D eigenvalue weighted by Crippen LogP contribution is -2.46. The smallest absolute Gasteiger partial charge is 0.248 e. The van der Waals surface area contributed by atoms with E-state index in [2.05, 4.69) is 35.9 Å². The van der Waals surface area contributed by atoms with Gasteiger partial charge in [-0.2, -0.15) is 0 Å². The summed E-state index contributed by atoms with van der Waals surface area (Å²) in [5, 5.41) is 13.5. The van der Waals surface area contributed by atoms with Gasteiger partial charge in [-0.25, -0.2) is 13.6 Å². The molecule has 2 aromatic carbocycles. The fourth-order valence-corrected chi connectivity index (χ4v) is 4.23. The van der Waals surface area contributed by atoms with Crippen LogP contribution in [0.15, 0.2) is 62.3 Å². The van der Waals surface area contributed by atoms with Crippen molar-refractivity contribution in [2.75, 3.05) is 31.1 Å². The molecule has 2 heterocycles. The predicted octanol–water partition coefficient (Wildman–Crippen LogP) is 2.47. The molecular weight excluding hydrogens is 458 g/mol. The molecule has 0 spiro atoms. The molecule has 0 unspecified atom stereocenters. The van der Waals surface area contributed by atoms with E-state index in [1.165, 1.54) is 0 Å². The Morgan fingerprint density at radius 3 is 2.34 bits per heavy atom. The van der Waals surface area contributed by atoms with Crippen LogP contribution in [0.1, 0.15) is 5.89 Å². The Bertz CT molecular complexity index is 1090. The average Bonchev–Trinajstić information content (AvgIpc) is 3.16. The first-order valence-electron chi connectivity index (χ1n) is 9.07. The van der Waals surface area contributed by atoms with Gasteiger partial charge in [0.15, 0.2) is 0 Å². The van der Waals surface area contributed by atoms with Gasteiger partial charge in [0.05, 0.1) is 17.0 Å². The topological polar surface area (TPSA) is 106 Å². The number of sulfonamides is 1. The summed E-state index contributed by atoms with van der Waals surface area (Å²) in [6.07, 6.45) is 0. The highest BCUT2D eigenvalue weighted by Gasteiger charge is 2.20. The molecule has 0 amide bonds. The van der Waals surface area contributed by atoms with Crippen LogP contribution in [0.4, 0.5) is 5.69 Å². The highest BCUT2D eigenvalue weighted by molar-refractivity contribution is 9.10. The Labute approximate surface area is 177 Å². The highest BCUT2D eigenvalue weighted by atomic mass is 79.9. The van der Waals surface area contributed by atoms with E-state index < -0.39 is 10.0 Å². The molecule has 152 valence electrons. The zero-order valence-corrected chi connectivity index (χ0v) is 17.9. The van der Waals surface area contributed by atoms with E-state index in [9.17, 15) is 8.42 Å². The largest absolute Gasteiger partial charge is 0.419 e. The third-order valence-corrected chi connectivity index (χ3v) is 6.45. The fourth-order valence-electron chi connectivity index (χ4n) is 3.26. The van der Waals surface area contributed by atoms with Crippen LogP contribution in [-0.4, -0.2) is 49.7 Å². The first kappa shape index (κ1) is 20.0. The van der Waals surface area contributed by atoms with Gasteiger partial charge in [0, 0.05) is 36.3 Å². The predicted molar refractivity (Wildman–Crippen MR) is 113 cm³/mol. The number of piperazine rings is 1. The summed E-state index contributed by atoms with van der Waals surface area (Å²) in [6.45, 7) is 3.91. The number of nitrogens with two attached hydrogens (primary N) is 1. The van der Waals surface area contributed by atoms with E-state index in [0.29, 0.717) is 18.3 Å². The molecule has 1 aliphatic rings. The maximum absolute atomic E-state index is 11.4. The van der Waals surface area contributed by atoms with Crippen molar-refractivity contribution in [1.29, 1.82) is 0 Å². The molecule has 0 bridgehead atoms. The number of benzene rings is 2. The Hall–Kier alpha value is -2.27. The lowest BCUT2D eigenvalue weighted by Gasteiger charge is -2.35. The second-order valence-corrected chi connectivity index (χ2v) is 9.20. The van der Waals surface area contributed by atoms with Gasteiger partial charge in [-0.3, -0.25) is 4.90 Å². The van der Waals surface area contributed by atoms with E-state index in [0.717, 1.165) is 41.9 Å². The van der Waals surface area contributed by atoms with Crippen molar-refractivity contribution in [1.82, 2.24) is 15.1 Å². The van der Waals surface area contributed by atoms with Crippen molar-refractivity contribution in [2.45, 2.75) is 11.4 Å². The highest BCUT2D eigenvalue weighted by Crippen LogP contribution is 2.27. The molecule has 1 aromatic heterocycles. The maximum atomic E-state index is 11.4. The molecule has 1 aliphatic heterocycles. The van der Waals surface area contributed by atoms with Gasteiger partial charge in [0.25, 0.3) is 0 Å². The minimum absolute atomic E-state index is 0.122. The van der Waals surface area contributed by atoms with E-state index in [1.54, 1.807) is 24.3 Å². The lowest BCUT2D eigenvalue weighted by atomic mass is 10.2. The summed E-state index contributed by atoms with van der Waals surface area (Å²) in [7, 11) is -3.67. The summed E-state index contributed by atoms with van der Waals surface area (Å²) < 4.78 is 29.5. The van der Waals surface area contributed by atoms with Crippen molar-refractivity contribution in [3.05, 3.63) is 58.9 Å². The number of primary sulfonamides is 1. The Morgan fingerprint density at radius 1 is 1.00 bits per heavy atom. The number of rotatable bonds is 5. The molecule has 0 aliphatic carbocycles. The van der Waals surface area contributed by atoms with Gasteiger partial charge < -0.3 is 9.32 Å². The van der Waals surface area contributed by atoms with Crippen molar-refractivity contribution in [3.63, 3.8) is 0 Å². The van der Waals surface area contributed by atoms with Crippen LogP contribution in [0, 0.1) is 0 Å². The molecule has 29 heavy (non-hydrogen) atoms. The number of hydrogen-bond acceptors (Lipinski definition) is 7. The fraction of sp³-hybridized carbons (Fsp3) is 0.263. The van der Waals surface area contributed by atoms with Crippen LogP contribution in [0.5, 0.6) is 0 Å². The van der Waals surface area contributed by atoms with Crippen molar-refractivity contribution < 1.29 is 12.8 Å². The minimum atomic E-state index is -3.67. The average molecular weight is 478 g/mol. The number of anilines is 1. The zero-order chi connectivity index (χ0) is 20.4. The lowest BCUT2D eigenvalue weighted by molar-refractivity contribution is 0.227. The van der Waals surface area contributed by atoms with E-state index in [-0.39, 0.29) is 4.90 Å². The standard InChI is InChI=1S/C19H20BrN5O3S/c20-17-4-2-1-3-16(17)19-23-22-18(28-19)13-24-9-11-25(12-10-24)14-5-7-15(8-6-14)29(21,26)27/h1-8H,9-13H2,(H2,21,26,27). The summed E-state index contributed by atoms with van der Waals surface area (Å²) in [5.74, 6) is 1.09. The molecule has 0 saturated carbocycles. The molecule has 3 aromatic rings. The van der Waals surface area contributed by atoms with Crippen LogP contribution < -0.4 is 10.0 Å². The van der Waals surface area contributed by atoms with Gasteiger partial charge in [-0.1, -0.05) is 12.1 Å². The minimum Gasteiger partial charge on any atom is -0.419 e. The van der Waals surface area contributed by atoms with Gasteiger partial charge in [0.1, 0.15) is 0 Å². The number of nitrogens with zero attached hydrogens (tertiary/aromatic N) is 4. The summed E-state index contributed by atoms with van der Waals surface area (Å²) in [6, 6.07) is 14.4. The van der Waals surface area contributed by atoms with Crippen molar-refractivity contribution in [2.24, 2.45) is 5.14 Å². The number of halogens is 1. The van der Waals surface area contributed by atoms with Crippen LogP contribution in [-0.2, 0) is 16.6 Å². The van der Waals surface area contributed by atoms with Crippen LogP contribution in [0.2, 0.25) is 0 Å². The Balaban J connectivity index is 1.35. The number of aromatic nitrogens is 2. The second-order valence-electron chi connectivity index (χ2n) is 6.78. The maximum Gasteiger partial charge on any atom is 0.248 e. The molecule has 4 rings (SSSR count). The Kier molecular flexibility index (Phi) is 5.68.